The number of para-hydroxylation sites is 1. The summed E-state index contributed by atoms with van der Waals surface area (Å²) in [7, 11) is -3.12. The molecule has 8 aromatic carbocycles. The van der Waals surface area contributed by atoms with Gasteiger partial charge in [0.1, 0.15) is 0 Å². The van der Waals surface area contributed by atoms with Crippen molar-refractivity contribution < 1.29 is 4.57 Å². The first-order chi connectivity index (χ1) is 23.2. The number of hydrogen-bond donors (Lipinski definition) is 0. The third kappa shape index (κ3) is 3.54. The summed E-state index contributed by atoms with van der Waals surface area (Å²) in [6, 6.07) is 59.7. The molecule has 1 unspecified atom stereocenters. The van der Waals surface area contributed by atoms with E-state index in [4.69, 9.17) is 0 Å². The van der Waals surface area contributed by atoms with E-state index in [2.05, 4.69) is 138 Å². The van der Waals surface area contributed by atoms with Gasteiger partial charge in [0, 0.05) is 43.0 Å². The van der Waals surface area contributed by atoms with Crippen LogP contribution in [0.5, 0.6) is 0 Å². The molecular weight excluding hydrogens is 589 g/mol. The van der Waals surface area contributed by atoms with Crippen molar-refractivity contribution >= 4 is 66.4 Å². The Morgan fingerprint density at radius 1 is 0.404 bits per heavy atom. The van der Waals surface area contributed by atoms with Crippen LogP contribution >= 0.6 is 7.14 Å². The van der Waals surface area contributed by atoms with Gasteiger partial charge in [-0.05, 0) is 39.6 Å². The van der Waals surface area contributed by atoms with Crippen molar-refractivity contribution in [1.29, 1.82) is 0 Å². The first-order valence-corrected chi connectivity index (χ1v) is 17.8. The summed E-state index contributed by atoms with van der Waals surface area (Å²) < 4.78 is 18.1. The fraction of sp³-hybridized carbons (Fsp3) is 0. The normalized spacial score (nSPS) is 15.4. The zero-order chi connectivity index (χ0) is 31.1. The van der Waals surface area contributed by atoms with Gasteiger partial charge in [-0.15, -0.1) is 0 Å². The molecule has 1 aromatic heterocycles. The zero-order valence-electron chi connectivity index (χ0n) is 25.5. The van der Waals surface area contributed by atoms with Crippen LogP contribution < -0.4 is 15.9 Å². The smallest absolute Gasteiger partial charge is 0.172 e. The maximum Gasteiger partial charge on any atom is 0.172 e. The van der Waals surface area contributed by atoms with Gasteiger partial charge in [0.05, 0.1) is 16.7 Å². The molecule has 220 valence electrons. The SMILES string of the molecule is O=P1(c2ccccc2)c2ccccc2-c2c1ccc1c3ccccc3n(-c3c4ccccc4c(-c4ccccc4)c4ccccc34)c21. The highest BCUT2D eigenvalue weighted by Gasteiger charge is 2.42. The lowest BCUT2D eigenvalue weighted by Gasteiger charge is -2.20. The summed E-state index contributed by atoms with van der Waals surface area (Å²) in [5.41, 5.74) is 7.96. The van der Waals surface area contributed by atoms with E-state index in [-0.39, 0.29) is 0 Å². The molecule has 47 heavy (non-hydrogen) atoms. The number of benzene rings is 8. The summed E-state index contributed by atoms with van der Waals surface area (Å²) in [6.07, 6.45) is 0. The maximum absolute atomic E-state index is 15.6. The molecule has 0 fully saturated rings. The van der Waals surface area contributed by atoms with Crippen LogP contribution in [0.25, 0.3) is 71.3 Å². The topological polar surface area (TPSA) is 22.0 Å². The van der Waals surface area contributed by atoms with Gasteiger partial charge in [-0.1, -0.05) is 158 Å². The van der Waals surface area contributed by atoms with Crippen LogP contribution in [0.15, 0.2) is 170 Å². The second-order valence-electron chi connectivity index (χ2n) is 12.4. The van der Waals surface area contributed by atoms with Gasteiger partial charge < -0.3 is 9.13 Å². The lowest BCUT2D eigenvalue weighted by Crippen LogP contribution is -2.20. The van der Waals surface area contributed by atoms with E-state index in [1.807, 2.05) is 36.4 Å². The van der Waals surface area contributed by atoms with Gasteiger partial charge >= 0.3 is 0 Å². The fourth-order valence-electron chi connectivity index (χ4n) is 8.07. The molecule has 10 rings (SSSR count). The van der Waals surface area contributed by atoms with Crippen molar-refractivity contribution in [1.82, 2.24) is 4.57 Å². The second-order valence-corrected chi connectivity index (χ2v) is 15.0. The van der Waals surface area contributed by atoms with Crippen LogP contribution in [0.2, 0.25) is 0 Å². The Hall–Kier alpha value is -5.69. The predicted molar refractivity (Wildman–Crippen MR) is 200 cm³/mol. The number of fused-ring (bicyclic) bond motifs is 9. The summed E-state index contributed by atoms with van der Waals surface area (Å²) in [4.78, 5) is 0. The highest BCUT2D eigenvalue weighted by atomic mass is 31.2. The van der Waals surface area contributed by atoms with Crippen molar-refractivity contribution in [3.05, 3.63) is 170 Å². The van der Waals surface area contributed by atoms with Crippen LogP contribution in [0.4, 0.5) is 0 Å². The van der Waals surface area contributed by atoms with Crippen molar-refractivity contribution in [3.8, 4) is 27.9 Å². The quantitative estimate of drug-likeness (QED) is 0.143. The number of rotatable bonds is 3. The molecule has 2 heterocycles. The molecule has 0 saturated carbocycles. The van der Waals surface area contributed by atoms with Crippen LogP contribution in [0.3, 0.4) is 0 Å². The summed E-state index contributed by atoms with van der Waals surface area (Å²) >= 11 is 0. The first-order valence-electron chi connectivity index (χ1n) is 16.1. The zero-order valence-corrected chi connectivity index (χ0v) is 26.4. The average Bonchev–Trinajstić information content (AvgIpc) is 3.61. The highest BCUT2D eigenvalue weighted by molar-refractivity contribution is 7.86. The molecule has 0 spiro atoms. The molecule has 0 bridgehead atoms. The summed E-state index contributed by atoms with van der Waals surface area (Å²) in [5.74, 6) is 0. The van der Waals surface area contributed by atoms with E-state index in [0.717, 1.165) is 49.1 Å². The minimum Gasteiger partial charge on any atom is -0.309 e. The Bertz CT molecular complexity index is 2700. The minimum absolute atomic E-state index is 0.872. The highest BCUT2D eigenvalue weighted by Crippen LogP contribution is 2.55. The van der Waals surface area contributed by atoms with Crippen LogP contribution in [0.1, 0.15) is 0 Å². The van der Waals surface area contributed by atoms with Gasteiger partial charge in [-0.3, -0.25) is 0 Å². The molecule has 0 saturated heterocycles. The van der Waals surface area contributed by atoms with Gasteiger partial charge in [-0.2, -0.15) is 0 Å². The average molecular weight is 618 g/mol. The Morgan fingerprint density at radius 3 is 1.66 bits per heavy atom. The van der Waals surface area contributed by atoms with Crippen molar-refractivity contribution in [2.75, 3.05) is 0 Å². The molecule has 1 aliphatic rings. The molecule has 0 N–H and O–H groups in total. The Labute approximate surface area is 272 Å². The Kier molecular flexibility index (Phi) is 5.59. The number of nitrogens with zero attached hydrogens (tertiary/aromatic N) is 1. The monoisotopic (exact) mass is 617 g/mol. The van der Waals surface area contributed by atoms with Crippen molar-refractivity contribution in [2.45, 2.75) is 0 Å². The van der Waals surface area contributed by atoms with Gasteiger partial charge in [0.25, 0.3) is 0 Å². The fourth-order valence-corrected chi connectivity index (χ4v) is 11.1. The molecule has 0 aliphatic carbocycles. The Morgan fingerprint density at radius 2 is 0.957 bits per heavy atom. The lowest BCUT2D eigenvalue weighted by molar-refractivity contribution is 0.593. The first kappa shape index (κ1) is 26.5. The maximum atomic E-state index is 15.6. The summed E-state index contributed by atoms with van der Waals surface area (Å²) in [6.45, 7) is 0. The van der Waals surface area contributed by atoms with Gasteiger partial charge in [0.15, 0.2) is 7.14 Å². The lowest BCUT2D eigenvalue weighted by atomic mass is 9.90. The van der Waals surface area contributed by atoms with Crippen molar-refractivity contribution in [2.24, 2.45) is 0 Å². The molecule has 2 nitrogen and oxygen atoms in total. The standard InChI is InChI=1S/C44H28NOP/c46-47(30-17-5-2-6-18-30)39-26-14-12-24-37(39)42-40(47)28-27-36-31-19-11-13-25-38(31)45(44(36)42)43-34-22-9-7-20-32(34)41(29-15-3-1-4-16-29)33-21-8-10-23-35(33)43/h1-28H. The van der Waals surface area contributed by atoms with Crippen LogP contribution in [-0.2, 0) is 4.57 Å². The molecule has 1 atom stereocenters. The third-order valence-corrected chi connectivity index (χ3v) is 13.1. The van der Waals surface area contributed by atoms with E-state index in [9.17, 15) is 0 Å². The molecule has 3 heteroatoms. The van der Waals surface area contributed by atoms with E-state index in [1.54, 1.807) is 0 Å². The molecule has 9 aromatic rings. The molecule has 0 radical (unpaired) electrons. The predicted octanol–water partition coefficient (Wildman–Crippen LogP) is 10.4. The molecule has 1 aliphatic heterocycles. The van der Waals surface area contributed by atoms with E-state index in [0.29, 0.717) is 0 Å². The third-order valence-electron chi connectivity index (χ3n) is 9.98. The van der Waals surface area contributed by atoms with Gasteiger partial charge in [0.2, 0.25) is 0 Å². The number of aromatic nitrogens is 1. The van der Waals surface area contributed by atoms with E-state index < -0.39 is 7.14 Å². The minimum atomic E-state index is -3.12. The van der Waals surface area contributed by atoms with E-state index in [1.165, 1.54) is 38.1 Å². The van der Waals surface area contributed by atoms with Crippen LogP contribution in [-0.4, -0.2) is 4.57 Å². The largest absolute Gasteiger partial charge is 0.309 e. The number of hydrogen-bond acceptors (Lipinski definition) is 1. The van der Waals surface area contributed by atoms with Crippen LogP contribution in [0, 0.1) is 0 Å². The van der Waals surface area contributed by atoms with Gasteiger partial charge in [-0.25, -0.2) is 0 Å². The molecule has 0 amide bonds. The van der Waals surface area contributed by atoms with E-state index >= 15 is 4.57 Å². The Balaban J connectivity index is 1.44. The van der Waals surface area contributed by atoms with Crippen molar-refractivity contribution in [3.63, 3.8) is 0 Å². The second kappa shape index (κ2) is 9.90. The molecular formula is C44H28NOP. The summed E-state index contributed by atoms with van der Waals surface area (Å²) in [5, 5.41) is 9.83.